The minimum Gasteiger partial charge on any atom is -0.497 e. The van der Waals surface area contributed by atoms with Gasteiger partial charge in [0.15, 0.2) is 5.96 Å². The molecule has 0 bridgehead atoms. The Morgan fingerprint density at radius 3 is 2.38 bits per heavy atom. The van der Waals surface area contributed by atoms with Crippen molar-refractivity contribution in [3.63, 3.8) is 0 Å². The van der Waals surface area contributed by atoms with E-state index in [2.05, 4.69) is 60.4 Å². The fourth-order valence-corrected chi connectivity index (χ4v) is 2.79. The van der Waals surface area contributed by atoms with Gasteiger partial charge in [0, 0.05) is 38.8 Å². The molecule has 1 aromatic rings. The van der Waals surface area contributed by atoms with E-state index in [1.807, 2.05) is 19.2 Å². The fraction of sp³-hybridized carbons (Fsp3) is 0.632. The molecule has 5 heteroatoms. The molecule has 0 heterocycles. The Balaban J connectivity index is 2.34. The smallest absolute Gasteiger partial charge is 0.191 e. The third kappa shape index (κ3) is 7.21. The van der Waals surface area contributed by atoms with Crippen LogP contribution in [0.1, 0.15) is 33.3 Å². The van der Waals surface area contributed by atoms with E-state index in [9.17, 15) is 0 Å². The number of benzene rings is 1. The first kappa shape index (κ1) is 20.3. The predicted molar refractivity (Wildman–Crippen MR) is 103 cm³/mol. The van der Waals surface area contributed by atoms with Crippen LogP contribution in [0.15, 0.2) is 29.3 Å². The summed E-state index contributed by atoms with van der Waals surface area (Å²) >= 11 is 0. The second-order valence-electron chi connectivity index (χ2n) is 6.45. The lowest BCUT2D eigenvalue weighted by Crippen LogP contribution is -2.45. The van der Waals surface area contributed by atoms with E-state index in [-0.39, 0.29) is 0 Å². The Morgan fingerprint density at radius 2 is 1.79 bits per heavy atom. The first-order chi connectivity index (χ1) is 11.5. The summed E-state index contributed by atoms with van der Waals surface area (Å²) in [7, 11) is 3.50. The first-order valence-corrected chi connectivity index (χ1v) is 8.81. The summed E-state index contributed by atoms with van der Waals surface area (Å²) in [5.41, 5.74) is 1.25. The molecule has 0 fully saturated rings. The Bertz CT molecular complexity index is 492. The molecule has 0 aliphatic heterocycles. The van der Waals surface area contributed by atoms with Crippen LogP contribution in [0.25, 0.3) is 0 Å². The Hall–Kier alpha value is -1.75. The summed E-state index contributed by atoms with van der Waals surface area (Å²) < 4.78 is 5.26. The van der Waals surface area contributed by atoms with Gasteiger partial charge in [-0.3, -0.25) is 9.89 Å². The Morgan fingerprint density at radius 1 is 1.12 bits per heavy atom. The van der Waals surface area contributed by atoms with E-state index in [1.165, 1.54) is 5.56 Å². The predicted octanol–water partition coefficient (Wildman–Crippen LogP) is 2.52. The standard InChI is InChI=1S/C19H34N4O/c1-15(2)23(16(3)4)13-12-22-19(20-5)21-11-10-17-8-7-9-18(14-17)24-6/h7-9,14-16H,10-13H2,1-6H3,(H2,20,21,22). The van der Waals surface area contributed by atoms with Crippen LogP contribution < -0.4 is 15.4 Å². The molecule has 0 unspecified atom stereocenters. The lowest BCUT2D eigenvalue weighted by Gasteiger charge is -2.30. The van der Waals surface area contributed by atoms with Crippen molar-refractivity contribution in [2.45, 2.75) is 46.2 Å². The van der Waals surface area contributed by atoms with E-state index in [1.54, 1.807) is 7.11 Å². The molecule has 2 N–H and O–H groups in total. The highest BCUT2D eigenvalue weighted by Gasteiger charge is 2.12. The quantitative estimate of drug-likeness (QED) is 0.538. The van der Waals surface area contributed by atoms with E-state index in [0.29, 0.717) is 12.1 Å². The number of nitrogens with zero attached hydrogens (tertiary/aromatic N) is 2. The highest BCUT2D eigenvalue weighted by molar-refractivity contribution is 5.79. The first-order valence-electron chi connectivity index (χ1n) is 8.81. The van der Waals surface area contributed by atoms with Crippen LogP contribution >= 0.6 is 0 Å². The van der Waals surface area contributed by atoms with Gasteiger partial charge in [0.1, 0.15) is 5.75 Å². The lowest BCUT2D eigenvalue weighted by atomic mass is 10.1. The van der Waals surface area contributed by atoms with Gasteiger partial charge in [-0.05, 0) is 51.8 Å². The normalized spacial score (nSPS) is 12.1. The number of guanidine groups is 1. The average molecular weight is 335 g/mol. The van der Waals surface area contributed by atoms with E-state index in [4.69, 9.17) is 4.74 Å². The Kier molecular flexibility index (Phi) is 9.23. The minimum atomic E-state index is 0.551. The van der Waals surface area contributed by atoms with Crippen LogP contribution in [0.4, 0.5) is 0 Å². The van der Waals surface area contributed by atoms with E-state index < -0.39 is 0 Å². The van der Waals surface area contributed by atoms with Crippen LogP contribution in [0.2, 0.25) is 0 Å². The fourth-order valence-electron chi connectivity index (χ4n) is 2.79. The largest absolute Gasteiger partial charge is 0.497 e. The van der Waals surface area contributed by atoms with Gasteiger partial charge in [0.25, 0.3) is 0 Å². The zero-order valence-electron chi connectivity index (χ0n) is 16.1. The van der Waals surface area contributed by atoms with Crippen molar-refractivity contribution in [1.29, 1.82) is 0 Å². The molecular formula is C19H34N4O. The van der Waals surface area contributed by atoms with Gasteiger partial charge in [-0.15, -0.1) is 0 Å². The van der Waals surface area contributed by atoms with Crippen molar-refractivity contribution in [2.24, 2.45) is 4.99 Å². The molecule has 5 nitrogen and oxygen atoms in total. The number of aliphatic imine (C=N–C) groups is 1. The van der Waals surface area contributed by atoms with Gasteiger partial charge in [0.05, 0.1) is 7.11 Å². The van der Waals surface area contributed by atoms with Crippen LogP contribution in [-0.4, -0.2) is 56.7 Å². The van der Waals surface area contributed by atoms with E-state index >= 15 is 0 Å². The van der Waals surface area contributed by atoms with Gasteiger partial charge in [-0.1, -0.05) is 12.1 Å². The van der Waals surface area contributed by atoms with Gasteiger partial charge < -0.3 is 15.4 Å². The maximum absolute atomic E-state index is 5.26. The number of hydrogen-bond donors (Lipinski definition) is 2. The molecule has 0 spiro atoms. The van der Waals surface area contributed by atoms with Crippen molar-refractivity contribution in [3.05, 3.63) is 29.8 Å². The zero-order chi connectivity index (χ0) is 17.9. The summed E-state index contributed by atoms with van der Waals surface area (Å²) in [5, 5.41) is 6.76. The summed E-state index contributed by atoms with van der Waals surface area (Å²) in [6, 6.07) is 9.27. The zero-order valence-corrected chi connectivity index (χ0v) is 16.1. The molecule has 0 radical (unpaired) electrons. The molecule has 136 valence electrons. The second-order valence-corrected chi connectivity index (χ2v) is 6.45. The number of ether oxygens (including phenoxy) is 1. The molecule has 0 aromatic heterocycles. The van der Waals surface area contributed by atoms with Crippen molar-refractivity contribution < 1.29 is 4.74 Å². The van der Waals surface area contributed by atoms with E-state index in [0.717, 1.165) is 37.8 Å². The summed E-state index contributed by atoms with van der Waals surface area (Å²) in [4.78, 5) is 6.76. The number of hydrogen-bond acceptors (Lipinski definition) is 3. The molecule has 24 heavy (non-hydrogen) atoms. The highest BCUT2D eigenvalue weighted by Crippen LogP contribution is 2.12. The monoisotopic (exact) mass is 334 g/mol. The number of methoxy groups -OCH3 is 1. The minimum absolute atomic E-state index is 0.551. The highest BCUT2D eigenvalue weighted by atomic mass is 16.5. The molecule has 0 saturated heterocycles. The average Bonchev–Trinajstić information content (AvgIpc) is 2.56. The lowest BCUT2D eigenvalue weighted by molar-refractivity contribution is 0.178. The van der Waals surface area contributed by atoms with Crippen molar-refractivity contribution >= 4 is 5.96 Å². The molecule has 0 amide bonds. The van der Waals surface area contributed by atoms with Crippen molar-refractivity contribution in [1.82, 2.24) is 15.5 Å². The number of nitrogens with one attached hydrogen (secondary N) is 2. The summed E-state index contributed by atoms with van der Waals surface area (Å²) in [6.07, 6.45) is 0.933. The third-order valence-corrected chi connectivity index (χ3v) is 4.05. The van der Waals surface area contributed by atoms with Gasteiger partial charge in [0.2, 0.25) is 0 Å². The third-order valence-electron chi connectivity index (χ3n) is 4.05. The summed E-state index contributed by atoms with van der Waals surface area (Å²) in [6.45, 7) is 11.7. The maximum Gasteiger partial charge on any atom is 0.191 e. The molecule has 0 aliphatic carbocycles. The topological polar surface area (TPSA) is 48.9 Å². The maximum atomic E-state index is 5.26. The molecule has 1 rings (SSSR count). The van der Waals surface area contributed by atoms with Crippen LogP contribution in [0.5, 0.6) is 5.75 Å². The van der Waals surface area contributed by atoms with Gasteiger partial charge in [-0.2, -0.15) is 0 Å². The van der Waals surface area contributed by atoms with Gasteiger partial charge in [-0.25, -0.2) is 0 Å². The van der Waals surface area contributed by atoms with Crippen molar-refractivity contribution in [3.8, 4) is 5.75 Å². The van der Waals surface area contributed by atoms with Crippen LogP contribution in [0, 0.1) is 0 Å². The van der Waals surface area contributed by atoms with Crippen LogP contribution in [0.3, 0.4) is 0 Å². The number of rotatable bonds is 9. The van der Waals surface area contributed by atoms with Gasteiger partial charge >= 0.3 is 0 Å². The molecule has 0 atom stereocenters. The SMILES string of the molecule is CN=C(NCCc1cccc(OC)c1)NCCN(C(C)C)C(C)C. The second kappa shape index (κ2) is 10.9. The summed E-state index contributed by atoms with van der Waals surface area (Å²) in [5.74, 6) is 1.75. The molecule has 1 aromatic carbocycles. The molecular weight excluding hydrogens is 300 g/mol. The van der Waals surface area contributed by atoms with Crippen molar-refractivity contribution in [2.75, 3.05) is 33.8 Å². The van der Waals surface area contributed by atoms with Crippen LogP contribution in [-0.2, 0) is 6.42 Å². The Labute approximate surface area is 147 Å². The molecule has 0 aliphatic rings. The molecule has 0 saturated carbocycles.